The van der Waals surface area contributed by atoms with Gasteiger partial charge in [-0.1, -0.05) is 61.2 Å². The lowest BCUT2D eigenvalue weighted by Gasteiger charge is -2.27. The maximum absolute atomic E-state index is 12.3. The molecule has 1 fully saturated rings. The van der Waals surface area contributed by atoms with Gasteiger partial charge in [-0.05, 0) is 61.2 Å². The largest absolute Gasteiger partial charge is 0.573 e. The molecule has 3 aromatic carbocycles. The van der Waals surface area contributed by atoms with E-state index in [0.29, 0.717) is 17.3 Å². The van der Waals surface area contributed by atoms with Crippen molar-refractivity contribution in [2.24, 2.45) is 25.9 Å². The Labute approximate surface area is 235 Å². The molecule has 1 unspecified atom stereocenters. The number of para-hydroxylation sites is 1. The number of aliphatic imine (C=N–C) groups is 2. The summed E-state index contributed by atoms with van der Waals surface area (Å²) in [6.07, 6.45) is -0.864. The molecular weight excluding hydrogens is 537 g/mol. The Morgan fingerprint density at radius 2 is 1.82 bits per heavy atom. The Morgan fingerprint density at radius 3 is 2.50 bits per heavy atom. The molecule has 2 N–H and O–H groups in total. The van der Waals surface area contributed by atoms with Gasteiger partial charge < -0.3 is 15.4 Å². The van der Waals surface area contributed by atoms with Crippen molar-refractivity contribution in [3.63, 3.8) is 0 Å². The quantitative estimate of drug-likeness (QED) is 0.183. The van der Waals surface area contributed by atoms with Crippen LogP contribution < -0.4 is 15.4 Å². The Balaban J connectivity index is 1.40. The molecule has 0 bridgehead atoms. The first-order valence-corrected chi connectivity index (χ1v) is 13.6. The molecule has 0 aliphatic carbocycles. The van der Waals surface area contributed by atoms with Gasteiger partial charge in [0.15, 0.2) is 5.17 Å². The van der Waals surface area contributed by atoms with E-state index < -0.39 is 6.36 Å². The van der Waals surface area contributed by atoms with E-state index in [-0.39, 0.29) is 11.6 Å². The minimum atomic E-state index is -4.74. The van der Waals surface area contributed by atoms with Gasteiger partial charge in [-0.2, -0.15) is 5.10 Å². The first-order chi connectivity index (χ1) is 19.1. The highest BCUT2D eigenvalue weighted by Crippen LogP contribution is 2.35. The van der Waals surface area contributed by atoms with E-state index in [2.05, 4.69) is 68.8 Å². The fourth-order valence-electron chi connectivity index (χ4n) is 4.12. The van der Waals surface area contributed by atoms with Gasteiger partial charge in [0.2, 0.25) is 0 Å². The average molecular weight is 567 g/mol. The summed E-state index contributed by atoms with van der Waals surface area (Å²) in [6, 6.07) is 19.1. The van der Waals surface area contributed by atoms with Crippen molar-refractivity contribution in [1.29, 1.82) is 0 Å². The highest BCUT2D eigenvalue weighted by Gasteiger charge is 2.31. The Morgan fingerprint density at radius 1 is 1.10 bits per heavy atom. The minimum Gasteiger partial charge on any atom is -0.406 e. The third-order valence-corrected chi connectivity index (χ3v) is 7.26. The van der Waals surface area contributed by atoms with Crippen LogP contribution in [0.4, 0.5) is 24.5 Å². The SMILES string of the molecule is CCc1cccc(C)c1N1/C(=N\N=C/c2ccc(C(N)=NC=Nc3ccc(OC(F)(F)F)cc3)cc2)SCC1C. The fraction of sp³-hybridized carbons (Fsp3) is 0.241. The number of aryl methyl sites for hydroxylation is 2. The molecule has 0 radical (unpaired) electrons. The van der Waals surface area contributed by atoms with Crippen molar-refractivity contribution >= 4 is 46.7 Å². The zero-order chi connectivity index (χ0) is 28.7. The van der Waals surface area contributed by atoms with Gasteiger partial charge in [-0.25, -0.2) is 9.98 Å². The molecule has 208 valence electrons. The summed E-state index contributed by atoms with van der Waals surface area (Å²) in [4.78, 5) is 10.5. The molecule has 40 heavy (non-hydrogen) atoms. The van der Waals surface area contributed by atoms with Crippen LogP contribution in [0, 0.1) is 6.92 Å². The molecule has 7 nitrogen and oxygen atoms in total. The lowest BCUT2D eigenvalue weighted by molar-refractivity contribution is -0.274. The zero-order valence-electron chi connectivity index (χ0n) is 22.3. The summed E-state index contributed by atoms with van der Waals surface area (Å²) in [5.74, 6) is 0.858. The molecular formula is C29H29F3N6OS. The summed E-state index contributed by atoms with van der Waals surface area (Å²) in [5, 5.41) is 9.76. The van der Waals surface area contributed by atoms with Gasteiger partial charge in [0, 0.05) is 23.0 Å². The maximum atomic E-state index is 12.3. The van der Waals surface area contributed by atoms with E-state index in [0.717, 1.165) is 22.9 Å². The normalized spacial score (nSPS) is 17.4. The van der Waals surface area contributed by atoms with Crippen LogP contribution in [-0.2, 0) is 6.42 Å². The lowest BCUT2D eigenvalue weighted by atomic mass is 10.0. The molecule has 4 rings (SSSR count). The summed E-state index contributed by atoms with van der Waals surface area (Å²) in [5.41, 5.74) is 11.7. The van der Waals surface area contributed by atoms with Crippen LogP contribution in [0.3, 0.4) is 0 Å². The number of benzene rings is 3. The molecule has 1 saturated heterocycles. The number of nitrogens with zero attached hydrogens (tertiary/aromatic N) is 5. The summed E-state index contributed by atoms with van der Waals surface area (Å²) < 4.78 is 40.6. The summed E-state index contributed by atoms with van der Waals surface area (Å²) in [6.45, 7) is 6.49. The third-order valence-electron chi connectivity index (χ3n) is 6.07. The second kappa shape index (κ2) is 12.8. The van der Waals surface area contributed by atoms with Crippen LogP contribution in [0.5, 0.6) is 5.75 Å². The number of ether oxygens (including phenoxy) is 1. The number of nitrogens with two attached hydrogens (primary N) is 1. The predicted molar refractivity (Wildman–Crippen MR) is 158 cm³/mol. The van der Waals surface area contributed by atoms with Crippen molar-refractivity contribution in [1.82, 2.24) is 0 Å². The van der Waals surface area contributed by atoms with Crippen molar-refractivity contribution in [3.05, 3.63) is 89.0 Å². The van der Waals surface area contributed by atoms with Crippen molar-refractivity contribution in [2.75, 3.05) is 10.7 Å². The number of hydrogen-bond donors (Lipinski definition) is 1. The molecule has 0 saturated carbocycles. The molecule has 3 aromatic rings. The monoisotopic (exact) mass is 566 g/mol. The lowest BCUT2D eigenvalue weighted by Crippen LogP contribution is -2.33. The fourth-order valence-corrected chi connectivity index (χ4v) is 5.18. The predicted octanol–water partition coefficient (Wildman–Crippen LogP) is 6.85. The Bertz CT molecular complexity index is 1430. The van der Waals surface area contributed by atoms with Crippen molar-refractivity contribution in [3.8, 4) is 5.75 Å². The van der Waals surface area contributed by atoms with Gasteiger partial charge in [0.05, 0.1) is 11.9 Å². The van der Waals surface area contributed by atoms with Crippen LogP contribution in [0.25, 0.3) is 0 Å². The van der Waals surface area contributed by atoms with Crippen molar-refractivity contribution < 1.29 is 17.9 Å². The van der Waals surface area contributed by atoms with E-state index in [4.69, 9.17) is 5.73 Å². The molecule has 1 atom stereocenters. The molecule has 1 aliphatic rings. The summed E-state index contributed by atoms with van der Waals surface area (Å²) in [7, 11) is 0. The Kier molecular flexibility index (Phi) is 9.26. The Hall–Kier alpha value is -4.12. The standard InChI is InChI=1S/C29H29F3N6OS/c1-4-22-7-5-6-19(2)26(22)38-20(3)17-40-28(38)37-36-16-21-8-10-23(11-9-21)27(33)35-18-34-24-12-14-25(15-13-24)39-29(30,31)32/h5-16,18,20H,4,17H2,1-3H3,(H2,33,34,35)/b36-16-,37-28+. The summed E-state index contributed by atoms with van der Waals surface area (Å²) >= 11 is 1.70. The molecule has 1 aliphatic heterocycles. The van der Waals surface area contributed by atoms with Gasteiger partial charge in [-0.15, -0.1) is 18.3 Å². The number of amidine groups is 2. The maximum Gasteiger partial charge on any atom is 0.573 e. The van der Waals surface area contributed by atoms with E-state index in [9.17, 15) is 13.2 Å². The van der Waals surface area contributed by atoms with Crippen LogP contribution in [0.1, 0.15) is 36.1 Å². The first-order valence-electron chi connectivity index (χ1n) is 12.6. The molecule has 0 spiro atoms. The second-order valence-electron chi connectivity index (χ2n) is 9.02. The number of rotatable bonds is 8. The van der Waals surface area contributed by atoms with E-state index >= 15 is 0 Å². The smallest absolute Gasteiger partial charge is 0.406 e. The van der Waals surface area contributed by atoms with Crippen LogP contribution >= 0.6 is 11.8 Å². The first kappa shape index (κ1) is 28.9. The van der Waals surface area contributed by atoms with Gasteiger partial charge in [0.25, 0.3) is 0 Å². The molecule has 11 heteroatoms. The third kappa shape index (κ3) is 7.50. The average Bonchev–Trinajstić information content (AvgIpc) is 3.28. The van der Waals surface area contributed by atoms with Gasteiger partial charge in [0.1, 0.15) is 17.9 Å². The minimum absolute atomic E-state index is 0.237. The van der Waals surface area contributed by atoms with Crippen LogP contribution in [-0.4, -0.2) is 41.7 Å². The number of alkyl halides is 3. The van der Waals surface area contributed by atoms with Gasteiger partial charge in [-0.3, -0.25) is 0 Å². The van der Waals surface area contributed by atoms with Crippen LogP contribution in [0.15, 0.2) is 86.9 Å². The molecule has 0 aromatic heterocycles. The molecule has 0 amide bonds. The van der Waals surface area contributed by atoms with E-state index in [1.165, 1.54) is 47.4 Å². The number of hydrogen-bond acceptors (Lipinski definition) is 5. The number of halogens is 3. The second-order valence-corrected chi connectivity index (χ2v) is 10.0. The highest BCUT2D eigenvalue weighted by atomic mass is 32.2. The van der Waals surface area contributed by atoms with Gasteiger partial charge >= 0.3 is 6.36 Å². The zero-order valence-corrected chi connectivity index (χ0v) is 23.1. The van der Waals surface area contributed by atoms with Crippen molar-refractivity contribution in [2.45, 2.75) is 39.6 Å². The van der Waals surface area contributed by atoms with E-state index in [1.807, 2.05) is 24.3 Å². The van der Waals surface area contributed by atoms with E-state index in [1.54, 1.807) is 18.0 Å². The topological polar surface area (TPSA) is 87.9 Å². The molecule has 1 heterocycles. The van der Waals surface area contributed by atoms with Crippen LogP contribution in [0.2, 0.25) is 0 Å². The number of thioether (sulfide) groups is 1. The number of anilines is 1. The highest BCUT2D eigenvalue weighted by molar-refractivity contribution is 8.14.